The second kappa shape index (κ2) is 12.0. The van der Waals surface area contributed by atoms with Gasteiger partial charge in [-0.05, 0) is 36.2 Å². The first-order chi connectivity index (χ1) is 20.2. The summed E-state index contributed by atoms with van der Waals surface area (Å²) in [6.45, 7) is 5.81. The standard InChI is InChI=1S/C28H31F3N6O3S2/c1-2-16-9-18(36-6-5-32-17(12-36)13-38)3-4-21(16)34-27-33-11-20(28(29,30)31)24(35-27)22-10-23-25(42-22)26(39)37(7-8-41-23)19-14-40-15-19/h3-4,9-11,17,19,32,38H,2,5-8,12-15H2,1H3,(H,33,34,35)/t17-/m1/s1. The third kappa shape index (κ3) is 5.82. The maximum atomic E-state index is 14.1. The van der Waals surface area contributed by atoms with Crippen molar-refractivity contribution in [1.82, 2.24) is 20.2 Å². The molecule has 1 aromatic carbocycles. The van der Waals surface area contributed by atoms with Gasteiger partial charge in [0, 0.05) is 60.4 Å². The molecule has 224 valence electrons. The van der Waals surface area contributed by atoms with Crippen molar-refractivity contribution in [2.24, 2.45) is 0 Å². The molecule has 0 saturated carbocycles. The number of ether oxygens (including phenoxy) is 1. The van der Waals surface area contributed by atoms with Crippen molar-refractivity contribution in [1.29, 1.82) is 0 Å². The number of nitrogens with zero attached hydrogens (tertiary/aromatic N) is 4. The van der Waals surface area contributed by atoms with Crippen LogP contribution in [0.1, 0.15) is 27.7 Å². The predicted octanol–water partition coefficient (Wildman–Crippen LogP) is 4.25. The van der Waals surface area contributed by atoms with Crippen LogP contribution in [-0.4, -0.2) is 89.7 Å². The molecule has 2 fully saturated rings. The van der Waals surface area contributed by atoms with Gasteiger partial charge < -0.3 is 30.3 Å². The highest BCUT2D eigenvalue weighted by atomic mass is 32.2. The second-order valence-corrected chi connectivity index (χ2v) is 12.6. The number of aliphatic hydroxyl groups excluding tert-OH is 1. The number of aromatic nitrogens is 2. The van der Waals surface area contributed by atoms with Crippen LogP contribution in [-0.2, 0) is 17.3 Å². The van der Waals surface area contributed by atoms with Crippen molar-refractivity contribution in [3.8, 4) is 10.6 Å². The van der Waals surface area contributed by atoms with Crippen LogP contribution in [0.15, 0.2) is 35.4 Å². The van der Waals surface area contributed by atoms with E-state index in [9.17, 15) is 23.1 Å². The van der Waals surface area contributed by atoms with Crippen LogP contribution >= 0.6 is 23.1 Å². The zero-order valence-electron chi connectivity index (χ0n) is 22.9. The molecule has 0 unspecified atom stereocenters. The third-order valence-electron chi connectivity index (χ3n) is 7.69. The minimum absolute atomic E-state index is 0.00275. The first-order valence-electron chi connectivity index (χ1n) is 13.8. The molecule has 3 aromatic rings. The number of thioether (sulfide) groups is 1. The van der Waals surface area contributed by atoms with Crippen molar-refractivity contribution in [3.63, 3.8) is 0 Å². The number of piperazine rings is 1. The number of hydrogen-bond acceptors (Lipinski definition) is 10. The molecule has 3 aliphatic heterocycles. The monoisotopic (exact) mass is 620 g/mol. The number of alkyl halides is 3. The first-order valence-corrected chi connectivity index (χ1v) is 15.6. The molecule has 3 aliphatic rings. The van der Waals surface area contributed by atoms with Crippen molar-refractivity contribution in [2.45, 2.75) is 36.5 Å². The number of aryl methyl sites for hydroxylation is 1. The number of nitrogens with one attached hydrogen (secondary N) is 2. The number of fused-ring (bicyclic) bond motifs is 1. The van der Waals surface area contributed by atoms with E-state index in [4.69, 9.17) is 4.74 Å². The number of carbonyl (C=O) groups excluding carboxylic acids is 1. The van der Waals surface area contributed by atoms with E-state index < -0.39 is 11.7 Å². The summed E-state index contributed by atoms with van der Waals surface area (Å²) in [6, 6.07) is 7.51. The Hall–Kier alpha value is -2.91. The molecule has 14 heteroatoms. The lowest BCUT2D eigenvalue weighted by Crippen LogP contribution is -2.52. The van der Waals surface area contributed by atoms with E-state index in [1.165, 1.54) is 11.8 Å². The summed E-state index contributed by atoms with van der Waals surface area (Å²) < 4.78 is 47.6. The van der Waals surface area contributed by atoms with Gasteiger partial charge >= 0.3 is 6.18 Å². The Bertz CT molecular complexity index is 1470. The molecule has 2 aromatic heterocycles. The van der Waals surface area contributed by atoms with Gasteiger partial charge in [-0.2, -0.15) is 13.2 Å². The smallest absolute Gasteiger partial charge is 0.395 e. The normalized spacial score (nSPS) is 19.8. The van der Waals surface area contributed by atoms with Crippen molar-refractivity contribution >= 4 is 46.3 Å². The molecular formula is C28H31F3N6O3S2. The van der Waals surface area contributed by atoms with Gasteiger partial charge in [0.1, 0.15) is 10.4 Å². The largest absolute Gasteiger partial charge is 0.420 e. The van der Waals surface area contributed by atoms with E-state index in [1.54, 1.807) is 11.0 Å². The topological polar surface area (TPSA) is 103 Å². The number of amides is 1. The molecular weight excluding hydrogens is 589 g/mol. The number of benzene rings is 1. The van der Waals surface area contributed by atoms with Crippen molar-refractivity contribution in [3.05, 3.63) is 46.5 Å². The Labute approximate surface area is 249 Å². The lowest BCUT2D eigenvalue weighted by Gasteiger charge is -2.36. The summed E-state index contributed by atoms with van der Waals surface area (Å²) in [5.41, 5.74) is 1.47. The van der Waals surface area contributed by atoms with E-state index in [-0.39, 0.29) is 41.1 Å². The summed E-state index contributed by atoms with van der Waals surface area (Å²) in [6.07, 6.45) is -3.19. The zero-order chi connectivity index (χ0) is 29.4. The number of thiophene rings is 1. The van der Waals surface area contributed by atoms with Gasteiger partial charge in [-0.15, -0.1) is 23.1 Å². The highest BCUT2D eigenvalue weighted by molar-refractivity contribution is 7.99. The Morgan fingerprint density at radius 3 is 2.79 bits per heavy atom. The maximum absolute atomic E-state index is 14.1. The van der Waals surface area contributed by atoms with Crippen LogP contribution in [0, 0.1) is 0 Å². The zero-order valence-corrected chi connectivity index (χ0v) is 24.5. The molecule has 1 amide bonds. The quantitative estimate of drug-likeness (QED) is 0.358. The highest BCUT2D eigenvalue weighted by Gasteiger charge is 2.38. The average molecular weight is 621 g/mol. The Morgan fingerprint density at radius 1 is 1.24 bits per heavy atom. The first kappa shape index (κ1) is 29.2. The molecule has 0 spiro atoms. The number of rotatable bonds is 7. The predicted molar refractivity (Wildman–Crippen MR) is 157 cm³/mol. The van der Waals surface area contributed by atoms with Crippen LogP contribution in [0.5, 0.6) is 0 Å². The highest BCUT2D eigenvalue weighted by Crippen LogP contribution is 2.43. The fraction of sp³-hybridized carbons (Fsp3) is 0.464. The Morgan fingerprint density at radius 2 is 2.07 bits per heavy atom. The number of carbonyl (C=O) groups is 1. The van der Waals surface area contributed by atoms with Gasteiger partial charge in [-0.25, -0.2) is 9.97 Å². The molecule has 6 rings (SSSR count). The summed E-state index contributed by atoms with van der Waals surface area (Å²) in [7, 11) is 0. The molecule has 5 heterocycles. The minimum atomic E-state index is -4.67. The number of anilines is 3. The van der Waals surface area contributed by atoms with Crippen LogP contribution in [0.2, 0.25) is 0 Å². The fourth-order valence-corrected chi connectivity index (χ4v) is 7.63. The molecule has 0 bridgehead atoms. The lowest BCUT2D eigenvalue weighted by molar-refractivity contribution is -0.137. The minimum Gasteiger partial charge on any atom is -0.395 e. The van der Waals surface area contributed by atoms with Gasteiger partial charge in [0.2, 0.25) is 5.95 Å². The maximum Gasteiger partial charge on any atom is 0.420 e. The molecule has 2 saturated heterocycles. The molecule has 9 nitrogen and oxygen atoms in total. The van der Waals surface area contributed by atoms with E-state index in [1.807, 2.05) is 25.1 Å². The molecule has 42 heavy (non-hydrogen) atoms. The molecule has 0 aliphatic carbocycles. The number of hydrogen-bond donors (Lipinski definition) is 3. The van der Waals surface area contributed by atoms with Crippen LogP contribution in [0.4, 0.5) is 30.5 Å². The number of halogens is 3. The molecule has 3 N–H and O–H groups in total. The molecule has 0 radical (unpaired) electrons. The lowest BCUT2D eigenvalue weighted by atomic mass is 10.1. The number of aliphatic hydroxyl groups is 1. The molecule has 1 atom stereocenters. The Balaban J connectivity index is 1.31. The van der Waals surface area contributed by atoms with E-state index in [0.29, 0.717) is 53.9 Å². The fourth-order valence-electron chi connectivity index (χ4n) is 5.32. The third-order valence-corrected chi connectivity index (χ3v) is 9.97. The summed E-state index contributed by atoms with van der Waals surface area (Å²) in [5, 5.41) is 16.0. The van der Waals surface area contributed by atoms with Gasteiger partial charge in [-0.3, -0.25) is 4.79 Å². The second-order valence-electron chi connectivity index (χ2n) is 10.4. The summed E-state index contributed by atoms with van der Waals surface area (Å²) in [4.78, 5) is 27.0. The summed E-state index contributed by atoms with van der Waals surface area (Å²) >= 11 is 2.51. The van der Waals surface area contributed by atoms with Crippen molar-refractivity contribution in [2.75, 3.05) is 62.0 Å². The summed E-state index contributed by atoms with van der Waals surface area (Å²) in [5.74, 6) is 0.514. The Kier molecular flexibility index (Phi) is 8.33. The van der Waals surface area contributed by atoms with Crippen LogP contribution in [0.3, 0.4) is 0 Å². The van der Waals surface area contributed by atoms with Gasteiger partial charge in [0.15, 0.2) is 0 Å². The van der Waals surface area contributed by atoms with Gasteiger partial charge in [0.25, 0.3) is 5.91 Å². The van der Waals surface area contributed by atoms with Crippen LogP contribution in [0.25, 0.3) is 10.6 Å². The van der Waals surface area contributed by atoms with Gasteiger partial charge in [-0.1, -0.05) is 6.92 Å². The van der Waals surface area contributed by atoms with Crippen molar-refractivity contribution < 1.29 is 27.8 Å². The average Bonchev–Trinajstić information content (AvgIpc) is 3.33. The van der Waals surface area contributed by atoms with E-state index in [2.05, 4.69) is 25.5 Å². The van der Waals surface area contributed by atoms with Gasteiger partial charge in [0.05, 0.1) is 36.4 Å². The SMILES string of the molecule is CCc1cc(N2CCN[C@@H](CO)C2)ccc1Nc1ncc(C(F)(F)F)c(-c2cc3c(s2)C(=O)N(C2COC2)CCS3)n1. The van der Waals surface area contributed by atoms with E-state index >= 15 is 0 Å². The van der Waals surface area contributed by atoms with Crippen LogP contribution < -0.4 is 15.5 Å². The van der Waals surface area contributed by atoms with E-state index in [0.717, 1.165) is 41.9 Å².